The summed E-state index contributed by atoms with van der Waals surface area (Å²) in [6.45, 7) is 4.36. The van der Waals surface area contributed by atoms with E-state index in [0.717, 1.165) is 32.7 Å². The number of aryl methyl sites for hydroxylation is 2. The number of thiazole rings is 1. The zero-order chi connectivity index (χ0) is 20.1. The maximum absolute atomic E-state index is 12.9. The van der Waals surface area contributed by atoms with E-state index in [1.54, 1.807) is 6.07 Å². The van der Waals surface area contributed by atoms with Gasteiger partial charge in [0, 0.05) is 6.54 Å². The van der Waals surface area contributed by atoms with E-state index in [0.29, 0.717) is 28.9 Å². The number of hydrogen-bond acceptors (Lipinski definition) is 6. The van der Waals surface area contributed by atoms with Crippen LogP contribution < -0.4 is 5.32 Å². The molecular formula is C18H18ClN3O3S3. The molecule has 0 aliphatic carbocycles. The summed E-state index contributed by atoms with van der Waals surface area (Å²) in [6.07, 6.45) is 1.11. The van der Waals surface area contributed by atoms with E-state index < -0.39 is 16.1 Å². The van der Waals surface area contributed by atoms with Gasteiger partial charge in [0.1, 0.15) is 10.3 Å². The Bertz CT molecular complexity index is 1130. The van der Waals surface area contributed by atoms with Gasteiger partial charge in [-0.05, 0) is 62.1 Å². The fraction of sp³-hybridized carbons (Fsp3) is 0.333. The molecule has 1 aliphatic rings. The van der Waals surface area contributed by atoms with Crippen LogP contribution in [0.25, 0.3) is 10.2 Å². The SMILES string of the molecule is Cc1cc2nc(NC(=O)C3CCCN3S(=O)(=O)c3ccc(Cl)s3)sc2cc1C. The lowest BCUT2D eigenvalue weighted by Crippen LogP contribution is -2.42. The summed E-state index contributed by atoms with van der Waals surface area (Å²) in [7, 11) is -3.75. The van der Waals surface area contributed by atoms with Gasteiger partial charge in [-0.1, -0.05) is 22.9 Å². The van der Waals surface area contributed by atoms with E-state index in [-0.39, 0.29) is 10.1 Å². The third-order valence-corrected chi connectivity index (χ3v) is 9.39. The van der Waals surface area contributed by atoms with Crippen molar-refractivity contribution in [1.82, 2.24) is 9.29 Å². The molecule has 1 aromatic carbocycles. The number of thiophene rings is 1. The Morgan fingerprint density at radius 2 is 2.00 bits per heavy atom. The molecule has 1 saturated heterocycles. The third-order valence-electron chi connectivity index (χ3n) is 4.85. The zero-order valence-electron chi connectivity index (χ0n) is 15.2. The summed E-state index contributed by atoms with van der Waals surface area (Å²) in [4.78, 5) is 17.3. The predicted octanol–water partition coefficient (Wildman–Crippen LogP) is 4.42. The zero-order valence-corrected chi connectivity index (χ0v) is 18.4. The molecule has 1 N–H and O–H groups in total. The summed E-state index contributed by atoms with van der Waals surface area (Å²) in [5.41, 5.74) is 3.13. The molecule has 6 nitrogen and oxygen atoms in total. The molecule has 4 rings (SSSR count). The first kappa shape index (κ1) is 19.8. The molecule has 2 aromatic heterocycles. The van der Waals surface area contributed by atoms with Gasteiger partial charge < -0.3 is 5.32 Å². The first-order chi connectivity index (χ1) is 13.3. The van der Waals surface area contributed by atoms with E-state index in [4.69, 9.17) is 11.6 Å². The van der Waals surface area contributed by atoms with Crippen molar-refractivity contribution in [3.05, 3.63) is 39.7 Å². The van der Waals surface area contributed by atoms with Crippen LogP contribution in [0, 0.1) is 13.8 Å². The lowest BCUT2D eigenvalue weighted by molar-refractivity contribution is -0.119. The van der Waals surface area contributed by atoms with Gasteiger partial charge in [0.25, 0.3) is 10.0 Å². The Morgan fingerprint density at radius 3 is 2.71 bits per heavy atom. The number of benzene rings is 1. The van der Waals surface area contributed by atoms with Crippen molar-refractivity contribution in [2.24, 2.45) is 0 Å². The molecule has 0 radical (unpaired) electrons. The van der Waals surface area contributed by atoms with E-state index in [2.05, 4.69) is 10.3 Å². The molecule has 1 fully saturated rings. The Labute approximate surface area is 176 Å². The van der Waals surface area contributed by atoms with Crippen LogP contribution in [-0.4, -0.2) is 36.2 Å². The van der Waals surface area contributed by atoms with Crippen LogP contribution >= 0.6 is 34.3 Å². The highest BCUT2D eigenvalue weighted by Gasteiger charge is 2.40. The van der Waals surface area contributed by atoms with Crippen molar-refractivity contribution < 1.29 is 13.2 Å². The number of carbonyl (C=O) groups is 1. The highest BCUT2D eigenvalue weighted by molar-refractivity contribution is 7.91. The second kappa shape index (κ2) is 7.38. The van der Waals surface area contributed by atoms with E-state index in [1.165, 1.54) is 21.7 Å². The summed E-state index contributed by atoms with van der Waals surface area (Å²) < 4.78 is 28.6. The first-order valence-electron chi connectivity index (χ1n) is 8.71. The lowest BCUT2D eigenvalue weighted by Gasteiger charge is -2.22. The van der Waals surface area contributed by atoms with Crippen molar-refractivity contribution in [3.63, 3.8) is 0 Å². The monoisotopic (exact) mass is 455 g/mol. The number of carbonyl (C=O) groups excluding carboxylic acids is 1. The molecule has 3 heterocycles. The molecule has 0 bridgehead atoms. The third kappa shape index (κ3) is 3.57. The first-order valence-corrected chi connectivity index (χ1v) is 12.2. The van der Waals surface area contributed by atoms with Gasteiger partial charge in [0.15, 0.2) is 5.13 Å². The summed E-state index contributed by atoms with van der Waals surface area (Å²) in [6, 6.07) is 6.32. The van der Waals surface area contributed by atoms with Crippen LogP contribution in [0.1, 0.15) is 24.0 Å². The molecule has 0 spiro atoms. The minimum absolute atomic E-state index is 0.156. The number of aromatic nitrogens is 1. The van der Waals surface area contributed by atoms with Crippen LogP contribution in [0.15, 0.2) is 28.5 Å². The van der Waals surface area contributed by atoms with Gasteiger partial charge >= 0.3 is 0 Å². The van der Waals surface area contributed by atoms with Gasteiger partial charge in [-0.15, -0.1) is 11.3 Å². The smallest absolute Gasteiger partial charge is 0.253 e. The highest BCUT2D eigenvalue weighted by Crippen LogP contribution is 2.33. The summed E-state index contributed by atoms with van der Waals surface area (Å²) in [5.74, 6) is -0.351. The fourth-order valence-corrected chi connectivity index (χ4v) is 7.48. The van der Waals surface area contributed by atoms with Gasteiger partial charge in [0.05, 0.1) is 14.6 Å². The van der Waals surface area contributed by atoms with E-state index in [9.17, 15) is 13.2 Å². The number of nitrogens with one attached hydrogen (secondary N) is 1. The molecule has 3 aromatic rings. The van der Waals surface area contributed by atoms with E-state index >= 15 is 0 Å². The molecule has 1 unspecified atom stereocenters. The molecule has 1 atom stereocenters. The number of rotatable bonds is 4. The van der Waals surface area contributed by atoms with Crippen LogP contribution in [0.3, 0.4) is 0 Å². The molecule has 1 aliphatic heterocycles. The quantitative estimate of drug-likeness (QED) is 0.631. The normalized spacial score (nSPS) is 18.0. The van der Waals surface area contributed by atoms with Gasteiger partial charge in [-0.3, -0.25) is 4.79 Å². The number of anilines is 1. The minimum atomic E-state index is -3.75. The maximum atomic E-state index is 12.9. The van der Waals surface area contributed by atoms with Crippen LogP contribution in [0.4, 0.5) is 5.13 Å². The summed E-state index contributed by atoms with van der Waals surface area (Å²) >= 11 is 8.28. The number of amides is 1. The number of fused-ring (bicyclic) bond motifs is 1. The number of halogens is 1. The molecule has 148 valence electrons. The maximum Gasteiger partial charge on any atom is 0.253 e. The standard InChI is InChI=1S/C18H18ClN3O3S3/c1-10-8-12-14(9-11(10)2)26-18(20-12)21-17(23)13-4-3-7-22(13)28(24,25)16-6-5-15(19)27-16/h5-6,8-9,13H,3-4,7H2,1-2H3,(H,20,21,23). The fourth-order valence-electron chi connectivity index (χ4n) is 3.26. The van der Waals surface area contributed by atoms with Crippen LogP contribution in [0.2, 0.25) is 4.34 Å². The molecule has 1 amide bonds. The Hall–Kier alpha value is -1.52. The highest BCUT2D eigenvalue weighted by atomic mass is 35.5. The van der Waals surface area contributed by atoms with Crippen molar-refractivity contribution in [3.8, 4) is 0 Å². The minimum Gasteiger partial charge on any atom is -0.301 e. The van der Waals surface area contributed by atoms with Crippen molar-refractivity contribution in [2.75, 3.05) is 11.9 Å². The number of sulfonamides is 1. The number of hydrogen-bond donors (Lipinski definition) is 1. The van der Waals surface area contributed by atoms with Crippen LogP contribution in [0.5, 0.6) is 0 Å². The lowest BCUT2D eigenvalue weighted by atomic mass is 10.1. The van der Waals surface area contributed by atoms with Crippen molar-refractivity contribution in [1.29, 1.82) is 0 Å². The average molecular weight is 456 g/mol. The second-order valence-electron chi connectivity index (χ2n) is 6.74. The molecule has 0 saturated carbocycles. The van der Waals surface area contributed by atoms with Crippen molar-refractivity contribution >= 4 is 65.6 Å². The second-order valence-corrected chi connectivity index (χ2v) is 11.6. The average Bonchev–Trinajstić information content (AvgIpc) is 3.34. The van der Waals surface area contributed by atoms with Gasteiger partial charge in [-0.2, -0.15) is 4.31 Å². The summed E-state index contributed by atoms with van der Waals surface area (Å²) in [5, 5.41) is 3.29. The van der Waals surface area contributed by atoms with E-state index in [1.807, 2.05) is 26.0 Å². The molecular weight excluding hydrogens is 438 g/mol. The molecule has 28 heavy (non-hydrogen) atoms. The van der Waals surface area contributed by atoms with Gasteiger partial charge in [0.2, 0.25) is 5.91 Å². The largest absolute Gasteiger partial charge is 0.301 e. The Morgan fingerprint density at radius 1 is 1.25 bits per heavy atom. The molecule has 10 heteroatoms. The Balaban J connectivity index is 1.57. The number of nitrogens with zero attached hydrogens (tertiary/aromatic N) is 2. The topological polar surface area (TPSA) is 79.4 Å². The predicted molar refractivity (Wildman–Crippen MR) is 114 cm³/mol. The van der Waals surface area contributed by atoms with Gasteiger partial charge in [-0.25, -0.2) is 13.4 Å². The van der Waals surface area contributed by atoms with Crippen molar-refractivity contribution in [2.45, 2.75) is 36.9 Å². The van der Waals surface area contributed by atoms with Crippen LogP contribution in [-0.2, 0) is 14.8 Å². The Kier molecular flexibility index (Phi) is 5.22.